The normalized spacial score (nSPS) is 19.4. The Morgan fingerprint density at radius 3 is 2.48 bits per heavy atom. The quantitative estimate of drug-likeness (QED) is 0.666. The van der Waals surface area contributed by atoms with Crippen LogP contribution in [-0.2, 0) is 4.74 Å². The lowest BCUT2D eigenvalue weighted by Crippen LogP contribution is -2.37. The molecule has 6 nitrogen and oxygen atoms in total. The number of hydrogen-bond acceptors (Lipinski definition) is 6. The van der Waals surface area contributed by atoms with Crippen LogP contribution in [0.1, 0.15) is 46.5 Å². The third-order valence-corrected chi connectivity index (χ3v) is 5.77. The number of carbonyl (C=O) groups is 1. The van der Waals surface area contributed by atoms with Crippen LogP contribution in [0.15, 0.2) is 29.6 Å². The maximum absolute atomic E-state index is 11.8. The van der Waals surface area contributed by atoms with E-state index in [0.29, 0.717) is 18.5 Å². The second-order valence-corrected chi connectivity index (χ2v) is 9.37. The minimum absolute atomic E-state index is 0.327. The van der Waals surface area contributed by atoms with Crippen molar-refractivity contribution in [3.8, 4) is 17.0 Å². The van der Waals surface area contributed by atoms with Gasteiger partial charge in [-0.3, -0.25) is 0 Å². The van der Waals surface area contributed by atoms with E-state index in [4.69, 9.17) is 14.5 Å². The number of nitrogens with one attached hydrogen (secondary N) is 2. The molecule has 0 spiro atoms. The number of aromatic nitrogens is 1. The number of ether oxygens (including phenoxy) is 2. The average Bonchev–Trinajstić information content (AvgIpc) is 3.15. The summed E-state index contributed by atoms with van der Waals surface area (Å²) >= 11 is 1.64. The third kappa shape index (κ3) is 6.63. The molecule has 0 saturated heterocycles. The molecule has 1 aromatic heterocycles. The van der Waals surface area contributed by atoms with Crippen molar-refractivity contribution >= 4 is 22.6 Å². The number of nitrogens with zero attached hydrogens (tertiary/aromatic N) is 1. The lowest BCUT2D eigenvalue weighted by atomic mass is 9.86. The Hall–Kier alpha value is -2.28. The topological polar surface area (TPSA) is 72.5 Å². The molecule has 0 aliphatic heterocycles. The van der Waals surface area contributed by atoms with Crippen LogP contribution in [-0.4, -0.2) is 36.4 Å². The summed E-state index contributed by atoms with van der Waals surface area (Å²) < 4.78 is 10.5. The fourth-order valence-electron chi connectivity index (χ4n) is 3.46. The molecule has 1 aromatic carbocycles. The summed E-state index contributed by atoms with van der Waals surface area (Å²) in [6.07, 6.45) is 4.01. The summed E-state index contributed by atoms with van der Waals surface area (Å²) in [5.74, 6) is 1.35. The Bertz CT molecular complexity index is 790. The minimum Gasteiger partial charge on any atom is -0.497 e. The van der Waals surface area contributed by atoms with Crippen LogP contribution in [0, 0.1) is 5.92 Å². The third-order valence-electron chi connectivity index (χ3n) is 5.00. The van der Waals surface area contributed by atoms with Gasteiger partial charge in [0.25, 0.3) is 0 Å². The Morgan fingerprint density at radius 2 is 1.86 bits per heavy atom. The second kappa shape index (κ2) is 9.48. The van der Waals surface area contributed by atoms with Gasteiger partial charge in [0.15, 0.2) is 5.13 Å². The molecule has 1 aliphatic carbocycles. The second-order valence-electron chi connectivity index (χ2n) is 8.51. The van der Waals surface area contributed by atoms with E-state index in [1.807, 2.05) is 45.0 Å². The largest absolute Gasteiger partial charge is 0.497 e. The zero-order chi connectivity index (χ0) is 20.9. The van der Waals surface area contributed by atoms with Crippen molar-refractivity contribution < 1.29 is 14.3 Å². The van der Waals surface area contributed by atoms with Gasteiger partial charge in [0.05, 0.1) is 12.8 Å². The van der Waals surface area contributed by atoms with Gasteiger partial charge in [-0.15, -0.1) is 11.3 Å². The maximum Gasteiger partial charge on any atom is 0.407 e. The fourth-order valence-corrected chi connectivity index (χ4v) is 4.26. The van der Waals surface area contributed by atoms with Crippen molar-refractivity contribution in [2.75, 3.05) is 19.0 Å². The summed E-state index contributed by atoms with van der Waals surface area (Å²) in [6, 6.07) is 8.40. The molecule has 1 fully saturated rings. The van der Waals surface area contributed by atoms with Crippen molar-refractivity contribution in [1.82, 2.24) is 10.3 Å². The Morgan fingerprint density at radius 1 is 1.17 bits per heavy atom. The maximum atomic E-state index is 11.8. The van der Waals surface area contributed by atoms with Crippen LogP contribution in [0.4, 0.5) is 9.93 Å². The predicted octanol–water partition coefficient (Wildman–Crippen LogP) is 5.31. The number of methoxy groups -OCH3 is 1. The lowest BCUT2D eigenvalue weighted by molar-refractivity contribution is 0.0515. The van der Waals surface area contributed by atoms with E-state index in [-0.39, 0.29) is 6.09 Å². The standard InChI is InChI=1S/C22H31N3O3S/c1-22(2,3)28-21(26)23-13-15-5-9-17(10-6-15)24-20-25-19(14-29-20)16-7-11-18(27-4)12-8-16/h7-8,11-12,14-15,17H,5-6,9-10,13H2,1-4H3,(H,23,26)(H,24,25). The summed E-state index contributed by atoms with van der Waals surface area (Å²) in [5, 5.41) is 9.53. The highest BCUT2D eigenvalue weighted by Gasteiger charge is 2.23. The van der Waals surface area contributed by atoms with Crippen molar-refractivity contribution in [3.05, 3.63) is 29.6 Å². The molecule has 0 unspecified atom stereocenters. The highest BCUT2D eigenvalue weighted by molar-refractivity contribution is 7.14. The lowest BCUT2D eigenvalue weighted by Gasteiger charge is -2.29. The summed E-state index contributed by atoms with van der Waals surface area (Å²) in [7, 11) is 1.67. The van der Waals surface area contributed by atoms with E-state index >= 15 is 0 Å². The monoisotopic (exact) mass is 417 g/mol. The molecule has 1 heterocycles. The van der Waals surface area contributed by atoms with Crippen LogP contribution in [0.5, 0.6) is 5.75 Å². The first-order valence-corrected chi connectivity index (χ1v) is 11.0. The van der Waals surface area contributed by atoms with Gasteiger partial charge in [-0.05, 0) is 76.6 Å². The van der Waals surface area contributed by atoms with E-state index in [1.165, 1.54) is 0 Å². The highest BCUT2D eigenvalue weighted by Crippen LogP contribution is 2.30. The molecule has 1 saturated carbocycles. The van der Waals surface area contributed by atoms with Crippen LogP contribution in [0.3, 0.4) is 0 Å². The van der Waals surface area contributed by atoms with E-state index in [1.54, 1.807) is 18.4 Å². The molecule has 1 aliphatic rings. The molecule has 3 rings (SSSR count). The fraction of sp³-hybridized carbons (Fsp3) is 0.545. The molecular formula is C22H31N3O3S. The van der Waals surface area contributed by atoms with Crippen LogP contribution in [0.2, 0.25) is 0 Å². The van der Waals surface area contributed by atoms with E-state index in [2.05, 4.69) is 16.0 Å². The number of rotatable bonds is 6. The molecular weight excluding hydrogens is 386 g/mol. The summed E-state index contributed by atoms with van der Waals surface area (Å²) in [4.78, 5) is 16.5. The van der Waals surface area contributed by atoms with E-state index in [9.17, 15) is 4.79 Å². The van der Waals surface area contributed by atoms with Gasteiger partial charge in [0.2, 0.25) is 0 Å². The van der Waals surface area contributed by atoms with Crippen LogP contribution >= 0.6 is 11.3 Å². The molecule has 0 atom stereocenters. The zero-order valence-corrected chi connectivity index (χ0v) is 18.5. The van der Waals surface area contributed by atoms with Gasteiger partial charge < -0.3 is 20.1 Å². The first-order chi connectivity index (χ1) is 13.8. The van der Waals surface area contributed by atoms with Crippen LogP contribution < -0.4 is 15.4 Å². The number of amides is 1. The molecule has 2 aromatic rings. The first kappa shape index (κ1) is 21.4. The molecule has 29 heavy (non-hydrogen) atoms. The average molecular weight is 418 g/mol. The van der Waals surface area contributed by atoms with Gasteiger partial charge in [-0.25, -0.2) is 9.78 Å². The highest BCUT2D eigenvalue weighted by atomic mass is 32.1. The number of alkyl carbamates (subject to hydrolysis) is 1. The number of hydrogen-bond donors (Lipinski definition) is 2. The molecule has 0 radical (unpaired) electrons. The first-order valence-electron chi connectivity index (χ1n) is 10.2. The minimum atomic E-state index is -0.454. The molecule has 158 valence electrons. The molecule has 0 bridgehead atoms. The Kier molecular flexibility index (Phi) is 7.00. The number of carbonyl (C=O) groups excluding carboxylic acids is 1. The van der Waals surface area contributed by atoms with Gasteiger partial charge in [-0.1, -0.05) is 0 Å². The predicted molar refractivity (Wildman–Crippen MR) is 118 cm³/mol. The number of anilines is 1. The molecule has 7 heteroatoms. The van der Waals surface area contributed by atoms with Crippen molar-refractivity contribution in [2.24, 2.45) is 5.92 Å². The van der Waals surface area contributed by atoms with Crippen molar-refractivity contribution in [1.29, 1.82) is 0 Å². The van der Waals surface area contributed by atoms with E-state index in [0.717, 1.165) is 47.8 Å². The van der Waals surface area contributed by atoms with Gasteiger partial charge in [0, 0.05) is 23.5 Å². The number of benzene rings is 1. The van der Waals surface area contributed by atoms with E-state index < -0.39 is 5.60 Å². The van der Waals surface area contributed by atoms with Gasteiger partial charge >= 0.3 is 6.09 Å². The molecule has 2 N–H and O–H groups in total. The van der Waals surface area contributed by atoms with Gasteiger partial charge in [-0.2, -0.15) is 0 Å². The molecule has 1 amide bonds. The Labute approximate surface area is 177 Å². The Balaban J connectivity index is 1.43. The van der Waals surface area contributed by atoms with Crippen molar-refractivity contribution in [3.63, 3.8) is 0 Å². The summed E-state index contributed by atoms with van der Waals surface area (Å²) in [5.41, 5.74) is 1.62. The van der Waals surface area contributed by atoms with Crippen LogP contribution in [0.25, 0.3) is 11.3 Å². The number of thiazole rings is 1. The SMILES string of the molecule is COc1ccc(-c2csc(NC3CCC(CNC(=O)OC(C)(C)C)CC3)n2)cc1. The van der Waals surface area contributed by atoms with Gasteiger partial charge in [0.1, 0.15) is 11.4 Å². The summed E-state index contributed by atoms with van der Waals surface area (Å²) in [6.45, 7) is 6.31. The zero-order valence-electron chi connectivity index (χ0n) is 17.7. The van der Waals surface area contributed by atoms with Crippen molar-refractivity contribution in [2.45, 2.75) is 58.1 Å². The smallest absolute Gasteiger partial charge is 0.407 e.